The van der Waals surface area contributed by atoms with Gasteiger partial charge in [0, 0.05) is 17.7 Å². The van der Waals surface area contributed by atoms with Crippen LogP contribution >= 0.6 is 11.6 Å². The van der Waals surface area contributed by atoms with Crippen LogP contribution in [0.4, 0.5) is 11.4 Å². The maximum Gasteiger partial charge on any atom is 0.288 e. The Morgan fingerprint density at radius 1 is 1.27 bits per heavy atom. The molecule has 134 valence electrons. The second-order valence-corrected chi connectivity index (χ2v) is 7.82. The molecule has 1 aliphatic carbocycles. The van der Waals surface area contributed by atoms with E-state index >= 15 is 0 Å². The molecule has 1 N–H and O–H groups in total. The van der Waals surface area contributed by atoms with Gasteiger partial charge in [-0.15, -0.1) is 0 Å². The average Bonchev–Trinajstić information content (AvgIpc) is 3.10. The molecular weight excluding hydrogens is 348 g/mol. The summed E-state index contributed by atoms with van der Waals surface area (Å²) in [5.74, 6) is 1.09. The SMILES string of the molecule is CC(C)c1cccc2c1N[C@H](c1ccc(Cl)c([N+](=O)[O-])c1)[C@H]1CC=C[C@@H]21. The quantitative estimate of drug-likeness (QED) is 0.398. The number of nitro benzene ring substituents is 1. The number of benzene rings is 2. The van der Waals surface area contributed by atoms with Crippen LogP contribution in [0.3, 0.4) is 0 Å². The van der Waals surface area contributed by atoms with Crippen LogP contribution in [-0.2, 0) is 0 Å². The smallest absolute Gasteiger partial charge is 0.288 e. The highest BCUT2D eigenvalue weighted by Crippen LogP contribution is 2.51. The van der Waals surface area contributed by atoms with Crippen molar-refractivity contribution in [3.8, 4) is 0 Å². The van der Waals surface area contributed by atoms with Crippen molar-refractivity contribution in [3.05, 3.63) is 80.4 Å². The molecule has 0 radical (unpaired) electrons. The molecule has 0 aromatic heterocycles. The number of fused-ring (bicyclic) bond motifs is 3. The minimum absolute atomic E-state index is 0.0263. The maximum absolute atomic E-state index is 11.3. The zero-order chi connectivity index (χ0) is 18.4. The van der Waals surface area contributed by atoms with E-state index in [2.05, 4.69) is 49.5 Å². The highest BCUT2D eigenvalue weighted by Gasteiger charge is 2.39. The number of nitrogens with zero attached hydrogens (tertiary/aromatic N) is 1. The van der Waals surface area contributed by atoms with Gasteiger partial charge in [0.1, 0.15) is 5.02 Å². The van der Waals surface area contributed by atoms with E-state index in [0.29, 0.717) is 17.8 Å². The number of rotatable bonds is 3. The highest BCUT2D eigenvalue weighted by molar-refractivity contribution is 6.32. The predicted molar refractivity (Wildman–Crippen MR) is 105 cm³/mol. The lowest BCUT2D eigenvalue weighted by molar-refractivity contribution is -0.384. The summed E-state index contributed by atoms with van der Waals surface area (Å²) in [7, 11) is 0. The molecule has 0 fully saturated rings. The van der Waals surface area contributed by atoms with E-state index in [9.17, 15) is 10.1 Å². The summed E-state index contributed by atoms with van der Waals surface area (Å²) >= 11 is 6.01. The third-order valence-electron chi connectivity index (χ3n) is 5.58. The molecule has 3 atom stereocenters. The van der Waals surface area contributed by atoms with Crippen molar-refractivity contribution in [3.63, 3.8) is 0 Å². The molecular formula is C21H21ClN2O2. The van der Waals surface area contributed by atoms with Gasteiger partial charge in [-0.1, -0.05) is 61.9 Å². The Bertz CT molecular complexity index is 907. The van der Waals surface area contributed by atoms with Crippen molar-refractivity contribution in [1.29, 1.82) is 0 Å². The van der Waals surface area contributed by atoms with Crippen LogP contribution < -0.4 is 5.32 Å². The fourth-order valence-electron chi connectivity index (χ4n) is 4.32. The number of anilines is 1. The summed E-state index contributed by atoms with van der Waals surface area (Å²) in [6.45, 7) is 4.38. The maximum atomic E-state index is 11.3. The lowest BCUT2D eigenvalue weighted by Gasteiger charge is -2.39. The summed E-state index contributed by atoms with van der Waals surface area (Å²) in [5, 5.41) is 15.2. The van der Waals surface area contributed by atoms with Crippen LogP contribution in [0.25, 0.3) is 0 Å². The fraction of sp³-hybridized carbons (Fsp3) is 0.333. The number of hydrogen-bond donors (Lipinski definition) is 1. The van der Waals surface area contributed by atoms with E-state index in [1.165, 1.54) is 16.8 Å². The summed E-state index contributed by atoms with van der Waals surface area (Å²) in [4.78, 5) is 10.9. The summed E-state index contributed by atoms with van der Waals surface area (Å²) in [6.07, 6.45) is 5.47. The van der Waals surface area contributed by atoms with E-state index < -0.39 is 4.92 Å². The summed E-state index contributed by atoms with van der Waals surface area (Å²) in [6, 6.07) is 11.7. The minimum atomic E-state index is -0.410. The standard InChI is InChI=1S/C21H21ClN2O2/c1-12(2)14-5-3-8-17-15-6-4-7-16(15)20(23-21(14)17)13-9-10-18(22)19(11-13)24(25)26/h3-6,8-12,15-16,20,23H,7H2,1-2H3/t15-,16+,20-/m1/s1. The molecule has 1 heterocycles. The number of para-hydroxylation sites is 1. The second kappa shape index (κ2) is 6.44. The normalized spacial score (nSPS) is 23.5. The fourth-order valence-corrected chi connectivity index (χ4v) is 4.51. The average molecular weight is 369 g/mol. The first-order chi connectivity index (χ1) is 12.5. The third-order valence-corrected chi connectivity index (χ3v) is 5.90. The second-order valence-electron chi connectivity index (χ2n) is 7.41. The molecule has 4 nitrogen and oxygen atoms in total. The van der Waals surface area contributed by atoms with Gasteiger partial charge in [0.15, 0.2) is 0 Å². The van der Waals surface area contributed by atoms with E-state index in [1.807, 2.05) is 6.07 Å². The molecule has 0 bridgehead atoms. The zero-order valence-electron chi connectivity index (χ0n) is 14.8. The van der Waals surface area contributed by atoms with Gasteiger partial charge in [-0.2, -0.15) is 0 Å². The molecule has 2 aromatic carbocycles. The van der Waals surface area contributed by atoms with E-state index in [1.54, 1.807) is 12.1 Å². The minimum Gasteiger partial charge on any atom is -0.377 e. The lowest BCUT2D eigenvalue weighted by atomic mass is 9.75. The number of nitro groups is 1. The van der Waals surface area contributed by atoms with E-state index in [-0.39, 0.29) is 16.8 Å². The molecule has 0 saturated carbocycles. The number of hydrogen-bond acceptors (Lipinski definition) is 3. The molecule has 2 aromatic rings. The zero-order valence-corrected chi connectivity index (χ0v) is 15.5. The first kappa shape index (κ1) is 17.1. The van der Waals surface area contributed by atoms with E-state index in [0.717, 1.165) is 12.0 Å². The number of halogens is 1. The lowest BCUT2D eigenvalue weighted by Crippen LogP contribution is -2.30. The number of nitrogens with one attached hydrogen (secondary N) is 1. The van der Waals surface area contributed by atoms with Crippen molar-refractivity contribution in [2.75, 3.05) is 5.32 Å². The van der Waals surface area contributed by atoms with Gasteiger partial charge in [0.05, 0.1) is 11.0 Å². The van der Waals surface area contributed by atoms with Gasteiger partial charge in [0.2, 0.25) is 0 Å². The van der Waals surface area contributed by atoms with Crippen LogP contribution in [0, 0.1) is 16.0 Å². The largest absolute Gasteiger partial charge is 0.377 e. The van der Waals surface area contributed by atoms with Gasteiger partial charge >= 0.3 is 0 Å². The van der Waals surface area contributed by atoms with Gasteiger partial charge in [-0.05, 0) is 41.0 Å². The van der Waals surface area contributed by atoms with Gasteiger partial charge in [-0.3, -0.25) is 10.1 Å². The van der Waals surface area contributed by atoms with Crippen molar-refractivity contribution in [2.45, 2.75) is 38.1 Å². The Balaban J connectivity index is 1.82. The van der Waals surface area contributed by atoms with Crippen LogP contribution in [0.15, 0.2) is 48.6 Å². The molecule has 1 aliphatic heterocycles. The molecule has 0 unspecified atom stereocenters. The molecule has 0 amide bonds. The van der Waals surface area contributed by atoms with E-state index in [4.69, 9.17) is 11.6 Å². The molecule has 4 rings (SSSR count). The van der Waals surface area contributed by atoms with Crippen molar-refractivity contribution in [1.82, 2.24) is 0 Å². The Labute approximate surface area is 158 Å². The Hall–Kier alpha value is -2.33. The molecule has 26 heavy (non-hydrogen) atoms. The van der Waals surface area contributed by atoms with Gasteiger partial charge < -0.3 is 5.32 Å². The van der Waals surface area contributed by atoms with Crippen LogP contribution in [0.2, 0.25) is 5.02 Å². The molecule has 2 aliphatic rings. The van der Waals surface area contributed by atoms with Crippen molar-refractivity contribution in [2.24, 2.45) is 5.92 Å². The van der Waals surface area contributed by atoms with Crippen molar-refractivity contribution >= 4 is 23.0 Å². The highest BCUT2D eigenvalue weighted by atomic mass is 35.5. The Morgan fingerprint density at radius 3 is 2.81 bits per heavy atom. The van der Waals surface area contributed by atoms with Gasteiger partial charge in [0.25, 0.3) is 5.69 Å². The third kappa shape index (κ3) is 2.69. The molecule has 0 spiro atoms. The van der Waals surface area contributed by atoms with Gasteiger partial charge in [-0.25, -0.2) is 0 Å². The van der Waals surface area contributed by atoms with Crippen LogP contribution in [0.1, 0.15) is 54.8 Å². The first-order valence-electron chi connectivity index (χ1n) is 8.97. The van der Waals surface area contributed by atoms with Crippen molar-refractivity contribution < 1.29 is 4.92 Å². The molecule has 5 heteroatoms. The predicted octanol–water partition coefficient (Wildman–Crippen LogP) is 6.20. The topological polar surface area (TPSA) is 55.2 Å². The monoisotopic (exact) mass is 368 g/mol. The number of allylic oxidation sites excluding steroid dienone is 2. The van der Waals surface area contributed by atoms with Crippen LogP contribution in [0.5, 0.6) is 0 Å². The summed E-state index contributed by atoms with van der Waals surface area (Å²) < 4.78 is 0. The van der Waals surface area contributed by atoms with Crippen LogP contribution in [-0.4, -0.2) is 4.92 Å². The summed E-state index contributed by atoms with van der Waals surface area (Å²) in [5.41, 5.74) is 4.68. The Morgan fingerprint density at radius 2 is 2.08 bits per heavy atom. The molecule has 0 saturated heterocycles. The Kier molecular flexibility index (Phi) is 4.23. The first-order valence-corrected chi connectivity index (χ1v) is 9.35.